The van der Waals surface area contributed by atoms with E-state index >= 15 is 0 Å². The van der Waals surface area contributed by atoms with Crippen LogP contribution in [-0.2, 0) is 16.0 Å². The molecule has 4 nitrogen and oxygen atoms in total. The van der Waals surface area contributed by atoms with Crippen LogP contribution in [0.2, 0.25) is 0 Å². The molecule has 6 heteroatoms. The van der Waals surface area contributed by atoms with Crippen molar-refractivity contribution in [2.24, 2.45) is 0 Å². The monoisotopic (exact) mass is 400 g/mol. The van der Waals surface area contributed by atoms with Crippen molar-refractivity contribution in [3.8, 4) is 0 Å². The molecule has 0 spiro atoms. The largest absolute Gasteiger partial charge is 0.354 e. The Labute approximate surface area is 169 Å². The van der Waals surface area contributed by atoms with E-state index in [1.54, 1.807) is 11.0 Å². The molecule has 0 aliphatic carbocycles. The Morgan fingerprint density at radius 2 is 1.96 bits per heavy atom. The predicted octanol–water partition coefficient (Wildman–Crippen LogP) is 3.93. The van der Waals surface area contributed by atoms with E-state index in [0.717, 1.165) is 12.0 Å². The van der Waals surface area contributed by atoms with Crippen LogP contribution in [0.1, 0.15) is 36.3 Å². The van der Waals surface area contributed by atoms with Gasteiger partial charge in [0.25, 0.3) is 0 Å². The van der Waals surface area contributed by atoms with E-state index in [0.29, 0.717) is 30.7 Å². The molecule has 1 saturated heterocycles. The second kappa shape index (κ2) is 9.73. The second-order valence-electron chi connectivity index (χ2n) is 6.83. The summed E-state index contributed by atoms with van der Waals surface area (Å²) < 4.78 is 13.7. The Morgan fingerprint density at radius 3 is 2.68 bits per heavy atom. The summed E-state index contributed by atoms with van der Waals surface area (Å²) in [5, 5.41) is 2.63. The average molecular weight is 401 g/mol. The molecule has 28 heavy (non-hydrogen) atoms. The first-order chi connectivity index (χ1) is 13.6. The summed E-state index contributed by atoms with van der Waals surface area (Å²) in [5.41, 5.74) is 1.87. The summed E-state index contributed by atoms with van der Waals surface area (Å²) in [6.45, 7) is 2.46. The van der Waals surface area contributed by atoms with Crippen LogP contribution in [0.4, 0.5) is 4.39 Å². The zero-order valence-electron chi connectivity index (χ0n) is 15.9. The van der Waals surface area contributed by atoms with Crippen molar-refractivity contribution in [2.45, 2.75) is 37.6 Å². The van der Waals surface area contributed by atoms with Gasteiger partial charge in [-0.1, -0.05) is 49.4 Å². The smallest absolute Gasteiger partial charge is 0.243 e. The van der Waals surface area contributed by atoms with Gasteiger partial charge in [-0.3, -0.25) is 9.59 Å². The first kappa shape index (κ1) is 20.4. The number of hydrogen-bond acceptors (Lipinski definition) is 3. The van der Waals surface area contributed by atoms with Crippen LogP contribution in [0.15, 0.2) is 54.6 Å². The summed E-state index contributed by atoms with van der Waals surface area (Å²) in [6.07, 6.45) is 1.82. The van der Waals surface area contributed by atoms with Crippen LogP contribution in [0.5, 0.6) is 0 Å². The lowest BCUT2D eigenvalue weighted by Gasteiger charge is -2.29. The molecule has 0 radical (unpaired) electrons. The fourth-order valence-corrected chi connectivity index (χ4v) is 4.81. The number of hydrogen-bond donors (Lipinski definition) is 1. The van der Waals surface area contributed by atoms with Gasteiger partial charge in [0.05, 0.1) is 0 Å². The zero-order chi connectivity index (χ0) is 19.9. The highest BCUT2D eigenvalue weighted by atomic mass is 32.2. The Balaban J connectivity index is 1.69. The molecule has 3 rings (SSSR count). The quantitative estimate of drug-likeness (QED) is 0.766. The van der Waals surface area contributed by atoms with E-state index in [1.165, 1.54) is 23.9 Å². The van der Waals surface area contributed by atoms with Crippen molar-refractivity contribution in [1.82, 2.24) is 10.2 Å². The van der Waals surface area contributed by atoms with Gasteiger partial charge in [-0.05, 0) is 36.1 Å². The van der Waals surface area contributed by atoms with Gasteiger partial charge in [-0.25, -0.2) is 4.39 Å². The molecule has 0 aromatic heterocycles. The molecule has 1 aliphatic rings. The number of nitrogens with one attached hydrogen (secondary N) is 1. The molecule has 2 atom stereocenters. The van der Waals surface area contributed by atoms with E-state index in [4.69, 9.17) is 0 Å². The number of nitrogens with zero attached hydrogens (tertiary/aromatic N) is 1. The standard InChI is InChI=1S/C22H25FN2O2S/c1-2-7-20(26)25-19(15-28-22(25)17-10-6-11-18(23)14-17)21(27)24-13-12-16-8-4-3-5-9-16/h3-6,8-11,14,19,22H,2,7,12-13,15H2,1H3,(H,24,27). The maximum Gasteiger partial charge on any atom is 0.243 e. The molecule has 0 bridgehead atoms. The highest BCUT2D eigenvalue weighted by Crippen LogP contribution is 2.42. The first-order valence-corrected chi connectivity index (χ1v) is 10.6. The normalized spacial score (nSPS) is 18.9. The first-order valence-electron chi connectivity index (χ1n) is 9.60. The molecule has 2 aromatic carbocycles. The van der Waals surface area contributed by atoms with Crippen LogP contribution in [0, 0.1) is 5.82 Å². The minimum Gasteiger partial charge on any atom is -0.354 e. The van der Waals surface area contributed by atoms with Crippen LogP contribution in [0.25, 0.3) is 0 Å². The number of thioether (sulfide) groups is 1. The lowest BCUT2D eigenvalue weighted by atomic mass is 10.1. The molecule has 2 aromatic rings. The van der Waals surface area contributed by atoms with Crippen molar-refractivity contribution >= 4 is 23.6 Å². The highest BCUT2D eigenvalue weighted by Gasteiger charge is 2.41. The second-order valence-corrected chi connectivity index (χ2v) is 7.95. The number of amides is 2. The summed E-state index contributed by atoms with van der Waals surface area (Å²) in [6, 6.07) is 15.7. The summed E-state index contributed by atoms with van der Waals surface area (Å²) >= 11 is 1.51. The van der Waals surface area contributed by atoms with Crippen molar-refractivity contribution in [2.75, 3.05) is 12.3 Å². The lowest BCUT2D eigenvalue weighted by Crippen LogP contribution is -2.48. The number of carbonyl (C=O) groups is 2. The van der Waals surface area contributed by atoms with Crippen molar-refractivity contribution in [3.63, 3.8) is 0 Å². The molecule has 1 heterocycles. The number of rotatable bonds is 7. The Bertz CT molecular complexity index is 815. The SMILES string of the molecule is CCCC(=O)N1C(C(=O)NCCc2ccccc2)CSC1c1cccc(F)c1. The van der Waals surface area contributed by atoms with Gasteiger partial charge < -0.3 is 10.2 Å². The maximum atomic E-state index is 13.7. The van der Waals surface area contributed by atoms with Gasteiger partial charge in [0.15, 0.2) is 0 Å². The molecule has 2 amide bonds. The number of halogens is 1. The molecule has 1 fully saturated rings. The summed E-state index contributed by atoms with van der Waals surface area (Å²) in [4.78, 5) is 27.2. The lowest BCUT2D eigenvalue weighted by molar-refractivity contribution is -0.139. The molecule has 2 unspecified atom stereocenters. The van der Waals surface area contributed by atoms with E-state index in [-0.39, 0.29) is 23.0 Å². The van der Waals surface area contributed by atoms with E-state index in [9.17, 15) is 14.0 Å². The topological polar surface area (TPSA) is 49.4 Å². The number of carbonyl (C=O) groups excluding carboxylic acids is 2. The Kier molecular flexibility index (Phi) is 7.09. The zero-order valence-corrected chi connectivity index (χ0v) is 16.8. The van der Waals surface area contributed by atoms with Gasteiger partial charge in [0, 0.05) is 18.7 Å². The van der Waals surface area contributed by atoms with E-state index in [2.05, 4.69) is 5.32 Å². The average Bonchev–Trinajstić information content (AvgIpc) is 3.14. The minimum atomic E-state index is -0.534. The fraction of sp³-hybridized carbons (Fsp3) is 0.364. The van der Waals surface area contributed by atoms with Crippen molar-refractivity contribution in [3.05, 3.63) is 71.5 Å². The highest BCUT2D eigenvalue weighted by molar-refractivity contribution is 7.99. The molecular formula is C22H25FN2O2S. The Morgan fingerprint density at radius 1 is 1.18 bits per heavy atom. The Hall–Kier alpha value is -2.34. The van der Waals surface area contributed by atoms with Crippen LogP contribution in [-0.4, -0.2) is 35.1 Å². The third-order valence-electron chi connectivity index (χ3n) is 4.74. The summed E-state index contributed by atoms with van der Waals surface area (Å²) in [5.74, 6) is -0.0399. The molecule has 148 valence electrons. The molecule has 1 aliphatic heterocycles. The van der Waals surface area contributed by atoms with Crippen molar-refractivity contribution < 1.29 is 14.0 Å². The molecule has 0 saturated carbocycles. The third kappa shape index (κ3) is 4.93. The van der Waals surface area contributed by atoms with Gasteiger partial charge >= 0.3 is 0 Å². The van der Waals surface area contributed by atoms with Crippen LogP contribution >= 0.6 is 11.8 Å². The fourth-order valence-electron chi connectivity index (χ4n) is 3.37. The van der Waals surface area contributed by atoms with Gasteiger partial charge in [-0.2, -0.15) is 0 Å². The van der Waals surface area contributed by atoms with E-state index < -0.39 is 6.04 Å². The maximum absolute atomic E-state index is 13.7. The third-order valence-corrected chi connectivity index (χ3v) is 6.07. The van der Waals surface area contributed by atoms with E-state index in [1.807, 2.05) is 43.3 Å². The number of benzene rings is 2. The van der Waals surface area contributed by atoms with Gasteiger partial charge in [0.2, 0.25) is 11.8 Å². The van der Waals surface area contributed by atoms with Crippen molar-refractivity contribution in [1.29, 1.82) is 0 Å². The summed E-state index contributed by atoms with van der Waals surface area (Å²) in [7, 11) is 0. The minimum absolute atomic E-state index is 0.0648. The van der Waals surface area contributed by atoms with Crippen LogP contribution in [0.3, 0.4) is 0 Å². The predicted molar refractivity (Wildman–Crippen MR) is 110 cm³/mol. The molecule has 1 N–H and O–H groups in total. The van der Waals surface area contributed by atoms with Gasteiger partial charge in [0.1, 0.15) is 17.2 Å². The van der Waals surface area contributed by atoms with Gasteiger partial charge in [-0.15, -0.1) is 11.8 Å². The molecular weight excluding hydrogens is 375 g/mol. The van der Waals surface area contributed by atoms with Crippen LogP contribution < -0.4 is 5.32 Å².